The molecule has 90 valence electrons. The second-order valence-electron chi connectivity index (χ2n) is 4.46. The van der Waals surface area contributed by atoms with E-state index in [0.717, 1.165) is 5.56 Å². The molecule has 1 aliphatic carbocycles. The lowest BCUT2D eigenvalue weighted by atomic mass is 10.1. The predicted molar refractivity (Wildman–Crippen MR) is 58.2 cm³/mol. The molecular formula is C13H13FO3. The van der Waals surface area contributed by atoms with Crippen LogP contribution in [0.25, 0.3) is 0 Å². The molecule has 1 aromatic rings. The van der Waals surface area contributed by atoms with Gasteiger partial charge in [0.2, 0.25) is 0 Å². The Kier molecular flexibility index (Phi) is 2.31. The Morgan fingerprint density at radius 1 is 1.59 bits per heavy atom. The average Bonchev–Trinajstić information content (AvgIpc) is 3.04. The van der Waals surface area contributed by atoms with Crippen molar-refractivity contribution in [1.82, 2.24) is 0 Å². The van der Waals surface area contributed by atoms with Gasteiger partial charge in [-0.25, -0.2) is 4.39 Å². The molecule has 1 heterocycles. The number of carbonyl (C=O) groups excluding carboxylic acids is 1. The van der Waals surface area contributed by atoms with Crippen LogP contribution in [0, 0.1) is 17.7 Å². The highest BCUT2D eigenvalue weighted by molar-refractivity contribution is 5.79. The van der Waals surface area contributed by atoms with E-state index < -0.39 is 0 Å². The average molecular weight is 236 g/mol. The number of benzene rings is 1. The first kappa shape index (κ1) is 10.6. The van der Waals surface area contributed by atoms with Crippen LogP contribution in [0.2, 0.25) is 0 Å². The standard InChI is InChI=1S/C13H13FO3/c1-2-16-13(15)12-9-6-17-10-4-3-7(14)5-8(10)11(9)12/h3-5,9,11-12H,2,6H2,1H3/t9-,11+,12?/m1/s1. The highest BCUT2D eigenvalue weighted by atomic mass is 19.1. The Balaban J connectivity index is 1.88. The van der Waals surface area contributed by atoms with Crippen LogP contribution in [0.4, 0.5) is 4.39 Å². The summed E-state index contributed by atoms with van der Waals surface area (Å²) < 4.78 is 23.7. The van der Waals surface area contributed by atoms with Crippen molar-refractivity contribution in [2.75, 3.05) is 13.2 Å². The zero-order valence-electron chi connectivity index (χ0n) is 9.48. The molecule has 0 N–H and O–H groups in total. The molecule has 3 nitrogen and oxygen atoms in total. The summed E-state index contributed by atoms with van der Waals surface area (Å²) in [6.45, 7) is 2.69. The second kappa shape index (κ2) is 3.72. The van der Waals surface area contributed by atoms with Crippen molar-refractivity contribution in [3.63, 3.8) is 0 Å². The van der Waals surface area contributed by atoms with Crippen LogP contribution in [0.15, 0.2) is 18.2 Å². The highest BCUT2D eigenvalue weighted by Crippen LogP contribution is 2.59. The van der Waals surface area contributed by atoms with E-state index in [1.54, 1.807) is 13.0 Å². The quantitative estimate of drug-likeness (QED) is 0.738. The number of hydrogen-bond donors (Lipinski definition) is 0. The maximum absolute atomic E-state index is 13.2. The van der Waals surface area contributed by atoms with Gasteiger partial charge in [-0.1, -0.05) is 0 Å². The molecule has 0 radical (unpaired) electrons. The van der Waals surface area contributed by atoms with Gasteiger partial charge in [-0.05, 0) is 25.1 Å². The van der Waals surface area contributed by atoms with Gasteiger partial charge >= 0.3 is 5.97 Å². The molecule has 1 aromatic carbocycles. The van der Waals surface area contributed by atoms with E-state index in [-0.39, 0.29) is 29.5 Å². The van der Waals surface area contributed by atoms with Gasteiger partial charge in [-0.2, -0.15) is 0 Å². The molecule has 0 bridgehead atoms. The normalized spacial score (nSPS) is 28.7. The Bertz CT molecular complexity index is 472. The topological polar surface area (TPSA) is 35.5 Å². The molecule has 3 rings (SSSR count). The summed E-state index contributed by atoms with van der Waals surface area (Å²) in [5.74, 6) is 0.292. The molecule has 4 heteroatoms. The third kappa shape index (κ3) is 1.59. The molecule has 1 unspecified atom stereocenters. The summed E-state index contributed by atoms with van der Waals surface area (Å²) in [4.78, 5) is 11.7. The van der Waals surface area contributed by atoms with Gasteiger partial charge in [0, 0.05) is 17.4 Å². The van der Waals surface area contributed by atoms with Crippen molar-refractivity contribution < 1.29 is 18.7 Å². The van der Waals surface area contributed by atoms with Gasteiger partial charge < -0.3 is 9.47 Å². The van der Waals surface area contributed by atoms with Gasteiger partial charge in [-0.15, -0.1) is 0 Å². The lowest BCUT2D eigenvalue weighted by Crippen LogP contribution is -2.10. The van der Waals surface area contributed by atoms with Crippen LogP contribution < -0.4 is 4.74 Å². The van der Waals surface area contributed by atoms with E-state index >= 15 is 0 Å². The van der Waals surface area contributed by atoms with Crippen molar-refractivity contribution in [2.45, 2.75) is 12.8 Å². The second-order valence-corrected chi connectivity index (χ2v) is 4.46. The lowest BCUT2D eigenvalue weighted by Gasteiger charge is -2.15. The molecule has 17 heavy (non-hydrogen) atoms. The third-order valence-corrected chi connectivity index (χ3v) is 3.49. The van der Waals surface area contributed by atoms with Crippen LogP contribution in [0.3, 0.4) is 0 Å². The first-order valence-corrected chi connectivity index (χ1v) is 5.81. The van der Waals surface area contributed by atoms with Gasteiger partial charge in [0.05, 0.1) is 19.1 Å². The van der Waals surface area contributed by atoms with Crippen molar-refractivity contribution >= 4 is 5.97 Å². The zero-order chi connectivity index (χ0) is 12.0. The number of halogens is 1. The number of fused-ring (bicyclic) bond motifs is 3. The third-order valence-electron chi connectivity index (χ3n) is 3.49. The van der Waals surface area contributed by atoms with Gasteiger partial charge in [0.15, 0.2) is 0 Å². The van der Waals surface area contributed by atoms with Gasteiger partial charge in [-0.3, -0.25) is 4.79 Å². The molecule has 0 amide bonds. The van der Waals surface area contributed by atoms with Crippen molar-refractivity contribution in [3.05, 3.63) is 29.6 Å². The Morgan fingerprint density at radius 3 is 3.18 bits per heavy atom. The monoisotopic (exact) mass is 236 g/mol. The summed E-state index contributed by atoms with van der Waals surface area (Å²) in [5.41, 5.74) is 0.805. The SMILES string of the molecule is CCOC(=O)C1[C@H]2c3cc(F)ccc3OC[C@@H]12. The van der Waals surface area contributed by atoms with Crippen LogP contribution in [0.1, 0.15) is 18.4 Å². The minimum Gasteiger partial charge on any atom is -0.493 e. The fraction of sp³-hybridized carbons (Fsp3) is 0.462. The van der Waals surface area contributed by atoms with E-state index in [1.807, 2.05) is 0 Å². The lowest BCUT2D eigenvalue weighted by molar-refractivity contribution is -0.145. The number of rotatable bonds is 2. The van der Waals surface area contributed by atoms with Crippen LogP contribution >= 0.6 is 0 Å². The summed E-state index contributed by atoms with van der Waals surface area (Å²) in [6.07, 6.45) is 0. The molecule has 1 saturated carbocycles. The number of esters is 1. The summed E-state index contributed by atoms with van der Waals surface area (Å²) >= 11 is 0. The fourth-order valence-corrected chi connectivity index (χ4v) is 2.66. The number of hydrogen-bond acceptors (Lipinski definition) is 3. The van der Waals surface area contributed by atoms with Gasteiger partial charge in [0.25, 0.3) is 0 Å². The Hall–Kier alpha value is -1.58. The molecule has 2 aliphatic rings. The minimum absolute atomic E-state index is 0.0773. The number of carbonyl (C=O) groups is 1. The van der Waals surface area contributed by atoms with Crippen LogP contribution in [0.5, 0.6) is 5.75 Å². The molecule has 3 atom stereocenters. The molecular weight excluding hydrogens is 223 g/mol. The molecule has 0 spiro atoms. The van der Waals surface area contributed by atoms with Crippen molar-refractivity contribution in [3.8, 4) is 5.75 Å². The first-order chi connectivity index (χ1) is 8.22. The fourth-order valence-electron chi connectivity index (χ4n) is 2.66. The highest BCUT2D eigenvalue weighted by Gasteiger charge is 2.59. The largest absolute Gasteiger partial charge is 0.493 e. The molecule has 1 fully saturated rings. The first-order valence-electron chi connectivity index (χ1n) is 5.81. The number of ether oxygens (including phenoxy) is 2. The summed E-state index contributed by atoms with van der Waals surface area (Å²) in [7, 11) is 0. The van der Waals surface area contributed by atoms with E-state index in [0.29, 0.717) is 19.0 Å². The zero-order valence-corrected chi connectivity index (χ0v) is 9.48. The van der Waals surface area contributed by atoms with Gasteiger partial charge in [0.1, 0.15) is 11.6 Å². The van der Waals surface area contributed by atoms with E-state index in [9.17, 15) is 9.18 Å². The van der Waals surface area contributed by atoms with E-state index in [2.05, 4.69) is 0 Å². The van der Waals surface area contributed by atoms with E-state index in [4.69, 9.17) is 9.47 Å². The minimum atomic E-state index is -0.289. The maximum atomic E-state index is 13.2. The van der Waals surface area contributed by atoms with Crippen LogP contribution in [-0.4, -0.2) is 19.2 Å². The Labute approximate surface area is 98.5 Å². The molecule has 0 aromatic heterocycles. The predicted octanol–water partition coefficient (Wildman–Crippen LogP) is 2.11. The van der Waals surface area contributed by atoms with Crippen molar-refractivity contribution in [2.24, 2.45) is 11.8 Å². The molecule has 1 aliphatic heterocycles. The van der Waals surface area contributed by atoms with Crippen LogP contribution in [-0.2, 0) is 9.53 Å². The van der Waals surface area contributed by atoms with Crippen molar-refractivity contribution in [1.29, 1.82) is 0 Å². The smallest absolute Gasteiger partial charge is 0.309 e. The summed E-state index contributed by atoms with van der Waals surface area (Å²) in [5, 5.41) is 0. The maximum Gasteiger partial charge on any atom is 0.309 e. The summed E-state index contributed by atoms with van der Waals surface area (Å²) in [6, 6.07) is 4.47. The van der Waals surface area contributed by atoms with E-state index in [1.165, 1.54) is 12.1 Å². The molecule has 0 saturated heterocycles. The Morgan fingerprint density at radius 2 is 2.41 bits per heavy atom.